The van der Waals surface area contributed by atoms with Gasteiger partial charge in [-0.15, -0.1) is 0 Å². The number of benzene rings is 1. The van der Waals surface area contributed by atoms with Gasteiger partial charge < -0.3 is 10.1 Å². The van der Waals surface area contributed by atoms with E-state index in [1.54, 1.807) is 0 Å². The SMILES string of the molecule is Cc1cccc(Oc2ccc(C3CCCCN3)cn2)c1. The highest BCUT2D eigenvalue weighted by molar-refractivity contribution is 5.31. The van der Waals surface area contributed by atoms with Gasteiger partial charge >= 0.3 is 0 Å². The van der Waals surface area contributed by atoms with E-state index in [0.29, 0.717) is 11.9 Å². The molecule has 3 rings (SSSR count). The van der Waals surface area contributed by atoms with Gasteiger partial charge in [0.05, 0.1) is 0 Å². The molecule has 104 valence electrons. The molecule has 2 heterocycles. The van der Waals surface area contributed by atoms with Crippen molar-refractivity contribution in [1.29, 1.82) is 0 Å². The first kappa shape index (κ1) is 13.1. The van der Waals surface area contributed by atoms with Crippen LogP contribution in [0.3, 0.4) is 0 Å². The molecule has 0 radical (unpaired) electrons. The smallest absolute Gasteiger partial charge is 0.219 e. The van der Waals surface area contributed by atoms with E-state index in [0.717, 1.165) is 12.3 Å². The molecule has 0 spiro atoms. The van der Waals surface area contributed by atoms with E-state index in [1.165, 1.54) is 30.4 Å². The van der Waals surface area contributed by atoms with Gasteiger partial charge in [-0.2, -0.15) is 0 Å². The molecule has 1 N–H and O–H groups in total. The zero-order valence-electron chi connectivity index (χ0n) is 11.8. The molecule has 20 heavy (non-hydrogen) atoms. The topological polar surface area (TPSA) is 34.1 Å². The van der Waals surface area contributed by atoms with Crippen LogP contribution in [0.15, 0.2) is 42.6 Å². The van der Waals surface area contributed by atoms with Gasteiger partial charge in [-0.25, -0.2) is 4.98 Å². The zero-order chi connectivity index (χ0) is 13.8. The van der Waals surface area contributed by atoms with Gasteiger partial charge in [0.25, 0.3) is 0 Å². The second kappa shape index (κ2) is 6.06. The molecule has 3 nitrogen and oxygen atoms in total. The summed E-state index contributed by atoms with van der Waals surface area (Å²) in [5.41, 5.74) is 2.44. The molecule has 1 aliphatic rings. The first-order valence-corrected chi connectivity index (χ1v) is 7.25. The number of rotatable bonds is 3. The largest absolute Gasteiger partial charge is 0.439 e. The van der Waals surface area contributed by atoms with Crippen LogP contribution in [0, 0.1) is 6.92 Å². The lowest BCUT2D eigenvalue weighted by Gasteiger charge is -2.23. The lowest BCUT2D eigenvalue weighted by atomic mass is 9.99. The number of hydrogen-bond acceptors (Lipinski definition) is 3. The normalized spacial score (nSPS) is 18.8. The van der Waals surface area contributed by atoms with Gasteiger partial charge in [0.1, 0.15) is 5.75 Å². The molecule has 1 fully saturated rings. The number of pyridine rings is 1. The Morgan fingerprint density at radius 3 is 2.85 bits per heavy atom. The lowest BCUT2D eigenvalue weighted by Crippen LogP contribution is -2.26. The summed E-state index contributed by atoms with van der Waals surface area (Å²) in [5, 5.41) is 3.53. The Morgan fingerprint density at radius 1 is 1.20 bits per heavy atom. The van der Waals surface area contributed by atoms with Crippen LogP contribution < -0.4 is 10.1 Å². The number of ether oxygens (including phenoxy) is 1. The van der Waals surface area contributed by atoms with Crippen molar-refractivity contribution < 1.29 is 4.74 Å². The Balaban J connectivity index is 1.69. The molecule has 1 aliphatic heterocycles. The van der Waals surface area contributed by atoms with Crippen molar-refractivity contribution in [1.82, 2.24) is 10.3 Å². The Bertz CT molecular complexity index is 559. The van der Waals surface area contributed by atoms with Gasteiger partial charge in [-0.05, 0) is 49.6 Å². The van der Waals surface area contributed by atoms with Crippen molar-refractivity contribution >= 4 is 0 Å². The van der Waals surface area contributed by atoms with Gasteiger partial charge in [-0.1, -0.05) is 24.6 Å². The zero-order valence-corrected chi connectivity index (χ0v) is 11.8. The van der Waals surface area contributed by atoms with Crippen LogP contribution in [0.5, 0.6) is 11.6 Å². The Hall–Kier alpha value is -1.87. The van der Waals surface area contributed by atoms with E-state index >= 15 is 0 Å². The highest BCUT2D eigenvalue weighted by atomic mass is 16.5. The molecule has 0 saturated carbocycles. The van der Waals surface area contributed by atoms with E-state index in [4.69, 9.17) is 4.74 Å². The van der Waals surface area contributed by atoms with Crippen LogP contribution in [-0.2, 0) is 0 Å². The van der Waals surface area contributed by atoms with E-state index in [2.05, 4.69) is 29.4 Å². The van der Waals surface area contributed by atoms with Crippen molar-refractivity contribution in [2.24, 2.45) is 0 Å². The van der Waals surface area contributed by atoms with Gasteiger partial charge in [0, 0.05) is 18.3 Å². The number of hydrogen-bond donors (Lipinski definition) is 1. The Labute approximate surface area is 120 Å². The van der Waals surface area contributed by atoms with Crippen LogP contribution in [0.1, 0.15) is 36.4 Å². The molecule has 1 saturated heterocycles. The minimum absolute atomic E-state index is 0.448. The molecule has 3 heteroatoms. The van der Waals surface area contributed by atoms with Crippen molar-refractivity contribution in [3.05, 3.63) is 53.7 Å². The maximum atomic E-state index is 5.77. The van der Waals surface area contributed by atoms with Gasteiger partial charge in [0.15, 0.2) is 0 Å². The van der Waals surface area contributed by atoms with E-state index in [1.807, 2.05) is 30.5 Å². The molecular formula is C17H20N2O. The molecule has 0 bridgehead atoms. The summed E-state index contributed by atoms with van der Waals surface area (Å²) in [5.74, 6) is 1.48. The standard InChI is InChI=1S/C17H20N2O/c1-13-5-4-6-15(11-13)20-17-9-8-14(12-19-17)16-7-2-3-10-18-16/h4-6,8-9,11-12,16,18H,2-3,7,10H2,1H3. The summed E-state index contributed by atoms with van der Waals surface area (Å²) >= 11 is 0. The average Bonchev–Trinajstić information content (AvgIpc) is 2.49. The van der Waals surface area contributed by atoms with Gasteiger partial charge in [0.2, 0.25) is 5.88 Å². The number of aromatic nitrogens is 1. The van der Waals surface area contributed by atoms with Crippen LogP contribution in [0.4, 0.5) is 0 Å². The quantitative estimate of drug-likeness (QED) is 0.913. The molecule has 1 aromatic carbocycles. The highest BCUT2D eigenvalue weighted by Gasteiger charge is 2.14. The van der Waals surface area contributed by atoms with Crippen LogP contribution in [0.2, 0.25) is 0 Å². The Morgan fingerprint density at radius 2 is 2.15 bits per heavy atom. The first-order chi connectivity index (χ1) is 9.81. The fraction of sp³-hybridized carbons (Fsp3) is 0.353. The van der Waals surface area contributed by atoms with Crippen LogP contribution in [0.25, 0.3) is 0 Å². The molecule has 1 aromatic heterocycles. The van der Waals surface area contributed by atoms with Crippen LogP contribution in [-0.4, -0.2) is 11.5 Å². The second-order valence-corrected chi connectivity index (χ2v) is 5.35. The van der Waals surface area contributed by atoms with Crippen molar-refractivity contribution in [3.8, 4) is 11.6 Å². The number of nitrogens with zero attached hydrogens (tertiary/aromatic N) is 1. The summed E-state index contributed by atoms with van der Waals surface area (Å²) in [6, 6.07) is 12.5. The third-order valence-electron chi connectivity index (χ3n) is 3.68. The molecule has 0 aliphatic carbocycles. The van der Waals surface area contributed by atoms with Gasteiger partial charge in [-0.3, -0.25) is 0 Å². The van der Waals surface area contributed by atoms with E-state index < -0.39 is 0 Å². The summed E-state index contributed by atoms with van der Waals surface area (Å²) in [4.78, 5) is 4.42. The third kappa shape index (κ3) is 3.17. The molecule has 1 atom stereocenters. The Kier molecular flexibility index (Phi) is 3.97. The van der Waals surface area contributed by atoms with Crippen molar-refractivity contribution in [2.75, 3.05) is 6.54 Å². The molecule has 2 aromatic rings. The molecule has 0 amide bonds. The third-order valence-corrected chi connectivity index (χ3v) is 3.68. The van der Waals surface area contributed by atoms with E-state index in [-0.39, 0.29) is 0 Å². The lowest BCUT2D eigenvalue weighted by molar-refractivity contribution is 0.409. The summed E-state index contributed by atoms with van der Waals surface area (Å²) in [6.07, 6.45) is 5.69. The molecule has 1 unspecified atom stereocenters. The minimum atomic E-state index is 0.448. The predicted octanol–water partition coefficient (Wildman–Crippen LogP) is 4.00. The average molecular weight is 268 g/mol. The first-order valence-electron chi connectivity index (χ1n) is 7.25. The monoisotopic (exact) mass is 268 g/mol. The van der Waals surface area contributed by atoms with Crippen LogP contribution >= 0.6 is 0 Å². The fourth-order valence-corrected chi connectivity index (χ4v) is 2.59. The molecular weight excluding hydrogens is 248 g/mol. The minimum Gasteiger partial charge on any atom is -0.439 e. The summed E-state index contributed by atoms with van der Waals surface area (Å²) < 4.78 is 5.77. The highest BCUT2D eigenvalue weighted by Crippen LogP contribution is 2.25. The number of aryl methyl sites for hydroxylation is 1. The maximum absolute atomic E-state index is 5.77. The van der Waals surface area contributed by atoms with Crippen molar-refractivity contribution in [2.45, 2.75) is 32.2 Å². The summed E-state index contributed by atoms with van der Waals surface area (Å²) in [7, 11) is 0. The predicted molar refractivity (Wildman–Crippen MR) is 80.1 cm³/mol. The number of nitrogens with one attached hydrogen (secondary N) is 1. The number of piperidine rings is 1. The maximum Gasteiger partial charge on any atom is 0.219 e. The van der Waals surface area contributed by atoms with Crippen molar-refractivity contribution in [3.63, 3.8) is 0 Å². The van der Waals surface area contributed by atoms with E-state index in [9.17, 15) is 0 Å². The summed E-state index contributed by atoms with van der Waals surface area (Å²) in [6.45, 7) is 3.16. The fourth-order valence-electron chi connectivity index (χ4n) is 2.59. The second-order valence-electron chi connectivity index (χ2n) is 5.35.